The first-order chi connectivity index (χ1) is 34.3. The van der Waals surface area contributed by atoms with Crippen LogP contribution in [0.2, 0.25) is 0 Å². The van der Waals surface area contributed by atoms with Crippen molar-refractivity contribution >= 4 is 19.8 Å². The van der Waals surface area contributed by atoms with Crippen LogP contribution in [0, 0.1) is 0 Å². The van der Waals surface area contributed by atoms with Gasteiger partial charge in [-0.3, -0.25) is 18.6 Å². The second-order valence-corrected chi connectivity index (χ2v) is 20.6. The predicted octanol–water partition coefficient (Wildman–Crippen LogP) is 18.1. The molecule has 2 atom stereocenters. The van der Waals surface area contributed by atoms with E-state index in [1.165, 1.54) is 148 Å². The summed E-state index contributed by atoms with van der Waals surface area (Å²) in [7, 11) is -4.38. The van der Waals surface area contributed by atoms with Gasteiger partial charge in [0.25, 0.3) is 0 Å². The number of carbonyl (C=O) groups is 2. The van der Waals surface area contributed by atoms with Crippen LogP contribution >= 0.6 is 7.82 Å². The molecule has 10 heteroatoms. The molecule has 0 heterocycles. The van der Waals surface area contributed by atoms with Crippen molar-refractivity contribution in [2.24, 2.45) is 5.73 Å². The van der Waals surface area contributed by atoms with Gasteiger partial charge in [0.05, 0.1) is 13.2 Å². The van der Waals surface area contributed by atoms with Crippen LogP contribution in [-0.4, -0.2) is 49.3 Å². The minimum absolute atomic E-state index is 0.0521. The Hall–Kier alpha value is -2.55. The smallest absolute Gasteiger partial charge is 0.462 e. The number of rotatable bonds is 54. The third kappa shape index (κ3) is 54.8. The maximum absolute atomic E-state index is 12.7. The first-order valence-corrected chi connectivity index (χ1v) is 30.4. The van der Waals surface area contributed by atoms with E-state index in [4.69, 9.17) is 24.3 Å². The van der Waals surface area contributed by atoms with Crippen molar-refractivity contribution in [3.05, 3.63) is 72.9 Å². The number of unbranched alkanes of at least 4 members (excludes halogenated alkanes) is 29. The molecule has 0 spiro atoms. The summed E-state index contributed by atoms with van der Waals surface area (Å²) >= 11 is 0. The van der Waals surface area contributed by atoms with Crippen molar-refractivity contribution < 1.29 is 37.6 Å². The molecule has 0 aromatic rings. The molecule has 0 saturated heterocycles. The molecule has 0 aromatic heterocycles. The molecule has 0 aliphatic carbocycles. The maximum atomic E-state index is 12.7. The number of phosphoric ester groups is 1. The summed E-state index contributed by atoms with van der Waals surface area (Å²) in [5.74, 6) is -0.832. The van der Waals surface area contributed by atoms with E-state index in [0.717, 1.165) is 83.5 Å². The zero-order chi connectivity index (χ0) is 51.0. The molecule has 0 bridgehead atoms. The molecule has 0 rings (SSSR count). The zero-order valence-electron chi connectivity index (χ0n) is 45.2. The van der Waals surface area contributed by atoms with Crippen molar-refractivity contribution in [1.82, 2.24) is 0 Å². The van der Waals surface area contributed by atoms with Crippen LogP contribution < -0.4 is 5.73 Å². The lowest BCUT2D eigenvalue weighted by Crippen LogP contribution is -2.29. The van der Waals surface area contributed by atoms with Crippen LogP contribution in [0.3, 0.4) is 0 Å². The molecule has 406 valence electrons. The van der Waals surface area contributed by atoms with Crippen LogP contribution in [0.15, 0.2) is 72.9 Å². The molecule has 70 heavy (non-hydrogen) atoms. The van der Waals surface area contributed by atoms with Gasteiger partial charge in [-0.15, -0.1) is 0 Å². The van der Waals surface area contributed by atoms with Gasteiger partial charge in [-0.2, -0.15) is 0 Å². The van der Waals surface area contributed by atoms with Crippen LogP contribution in [0.1, 0.15) is 264 Å². The van der Waals surface area contributed by atoms with Crippen molar-refractivity contribution in [1.29, 1.82) is 0 Å². The van der Waals surface area contributed by atoms with Gasteiger partial charge in [0.15, 0.2) is 6.10 Å². The van der Waals surface area contributed by atoms with Crippen molar-refractivity contribution in [3.8, 4) is 0 Å². The molecular formula is C60H108NO8P. The largest absolute Gasteiger partial charge is 0.472 e. The van der Waals surface area contributed by atoms with E-state index in [0.29, 0.717) is 6.42 Å². The lowest BCUT2D eigenvalue weighted by Gasteiger charge is -2.19. The number of carbonyl (C=O) groups excluding carboxylic acids is 2. The summed E-state index contributed by atoms with van der Waals surface area (Å²) in [5.41, 5.74) is 5.37. The van der Waals surface area contributed by atoms with E-state index in [1.54, 1.807) is 0 Å². The van der Waals surface area contributed by atoms with E-state index in [1.807, 2.05) is 0 Å². The second-order valence-electron chi connectivity index (χ2n) is 19.1. The average Bonchev–Trinajstić information content (AvgIpc) is 3.35. The summed E-state index contributed by atoms with van der Waals surface area (Å²) in [6.45, 7) is 3.61. The van der Waals surface area contributed by atoms with Crippen LogP contribution in [0.5, 0.6) is 0 Å². The lowest BCUT2D eigenvalue weighted by atomic mass is 10.0. The number of hydrogen-bond donors (Lipinski definition) is 2. The van der Waals surface area contributed by atoms with Crippen LogP contribution in [0.25, 0.3) is 0 Å². The fraction of sp³-hybridized carbons (Fsp3) is 0.767. The Morgan fingerprint density at radius 3 is 1.19 bits per heavy atom. The summed E-state index contributed by atoms with van der Waals surface area (Å²) in [4.78, 5) is 35.0. The highest BCUT2D eigenvalue weighted by atomic mass is 31.2. The number of esters is 2. The van der Waals surface area contributed by atoms with E-state index in [9.17, 15) is 19.0 Å². The highest BCUT2D eigenvalue weighted by Gasteiger charge is 2.26. The fourth-order valence-corrected chi connectivity index (χ4v) is 8.84. The molecule has 0 amide bonds. The molecule has 0 aliphatic rings. The van der Waals surface area contributed by atoms with Crippen LogP contribution in [0.4, 0.5) is 0 Å². The number of phosphoric acid groups is 1. The van der Waals surface area contributed by atoms with Gasteiger partial charge in [-0.05, 0) is 83.5 Å². The maximum Gasteiger partial charge on any atom is 0.472 e. The molecule has 0 saturated carbocycles. The normalized spacial score (nSPS) is 13.6. The predicted molar refractivity (Wildman–Crippen MR) is 298 cm³/mol. The molecule has 3 N–H and O–H groups in total. The Bertz CT molecular complexity index is 1370. The van der Waals surface area contributed by atoms with Gasteiger partial charge in [0.1, 0.15) is 6.61 Å². The van der Waals surface area contributed by atoms with Crippen molar-refractivity contribution in [2.45, 2.75) is 270 Å². The molecule has 9 nitrogen and oxygen atoms in total. The third-order valence-electron chi connectivity index (χ3n) is 12.3. The molecule has 0 fully saturated rings. The topological polar surface area (TPSA) is 134 Å². The Kier molecular flexibility index (Phi) is 53.7. The summed E-state index contributed by atoms with van der Waals surface area (Å²) in [6, 6.07) is 0. The van der Waals surface area contributed by atoms with Crippen LogP contribution in [-0.2, 0) is 32.7 Å². The fourth-order valence-electron chi connectivity index (χ4n) is 8.07. The Balaban J connectivity index is 3.80. The molecule has 0 radical (unpaired) electrons. The summed E-state index contributed by atoms with van der Waals surface area (Å²) in [5, 5.41) is 0. The standard InChI is InChI=1S/C60H108NO8P/c1-3-5-7-9-11-13-15-17-18-19-20-21-22-23-24-25-26-27-28-29-30-31-32-33-34-35-36-37-38-39-40-41-43-45-47-49-51-53-60(63)69-58(57-68-70(64,65)67-55-54-61)56-66-59(62)52-50-48-46-44-42-16-14-12-10-8-6-4-2/h5,7,11-14,17-18,20-21,23-24,58H,3-4,6,8-10,15-16,19,22,25-57,61H2,1-2H3,(H,64,65)/b7-5-,13-11-,14-12-,18-17-,21-20-,24-23-. The SMILES string of the molecule is CC/C=C\C/C=C\C/C=C\C/C=C\C/C=C\CCCCCCCCCCCCCCCCCCCCCCCC(=O)OC(COC(=O)CCCCCCC/C=C\CCCCC)COP(=O)(O)OCCN. The van der Waals surface area contributed by atoms with Gasteiger partial charge in [-0.25, -0.2) is 4.57 Å². The number of nitrogens with two attached hydrogens (primary N) is 1. The first kappa shape index (κ1) is 67.5. The quantitative estimate of drug-likeness (QED) is 0.0264. The van der Waals surface area contributed by atoms with E-state index in [-0.39, 0.29) is 38.6 Å². The Morgan fingerprint density at radius 1 is 0.443 bits per heavy atom. The summed E-state index contributed by atoms with van der Waals surface area (Å²) < 4.78 is 32.9. The second kappa shape index (κ2) is 55.8. The average molecular weight is 1000 g/mol. The van der Waals surface area contributed by atoms with Gasteiger partial charge in [0.2, 0.25) is 0 Å². The highest BCUT2D eigenvalue weighted by molar-refractivity contribution is 7.47. The Labute approximate surface area is 431 Å². The Morgan fingerprint density at radius 2 is 0.786 bits per heavy atom. The third-order valence-corrected chi connectivity index (χ3v) is 13.3. The van der Waals surface area contributed by atoms with Gasteiger partial charge in [-0.1, -0.05) is 241 Å². The minimum atomic E-state index is -4.38. The summed E-state index contributed by atoms with van der Waals surface area (Å²) in [6.07, 6.45) is 71.3. The van der Waals surface area contributed by atoms with E-state index in [2.05, 4.69) is 86.8 Å². The number of hydrogen-bond acceptors (Lipinski definition) is 8. The number of allylic oxidation sites excluding steroid dienone is 12. The lowest BCUT2D eigenvalue weighted by molar-refractivity contribution is -0.161. The monoisotopic (exact) mass is 1000 g/mol. The van der Waals surface area contributed by atoms with E-state index >= 15 is 0 Å². The van der Waals surface area contributed by atoms with Gasteiger partial charge in [0, 0.05) is 19.4 Å². The number of ether oxygens (including phenoxy) is 2. The molecular weight excluding hydrogens is 894 g/mol. The van der Waals surface area contributed by atoms with Crippen molar-refractivity contribution in [3.63, 3.8) is 0 Å². The van der Waals surface area contributed by atoms with Crippen molar-refractivity contribution in [2.75, 3.05) is 26.4 Å². The highest BCUT2D eigenvalue weighted by Crippen LogP contribution is 2.43. The van der Waals surface area contributed by atoms with Gasteiger partial charge >= 0.3 is 19.8 Å². The van der Waals surface area contributed by atoms with E-state index < -0.39 is 26.5 Å². The molecule has 0 aliphatic heterocycles. The first-order valence-electron chi connectivity index (χ1n) is 28.9. The molecule has 0 aromatic carbocycles. The van der Waals surface area contributed by atoms with Gasteiger partial charge < -0.3 is 20.1 Å². The molecule has 2 unspecified atom stereocenters. The minimum Gasteiger partial charge on any atom is -0.462 e. The zero-order valence-corrected chi connectivity index (χ0v) is 46.1.